The van der Waals surface area contributed by atoms with E-state index in [1.165, 1.54) is 0 Å². The first-order chi connectivity index (χ1) is 8.88. The van der Waals surface area contributed by atoms with Crippen molar-refractivity contribution in [3.63, 3.8) is 0 Å². The first-order valence-electron chi connectivity index (χ1n) is 6.71. The van der Waals surface area contributed by atoms with Crippen LogP contribution >= 0.6 is 11.6 Å². The molecule has 1 aromatic rings. The Kier molecular flexibility index (Phi) is 5.87. The van der Waals surface area contributed by atoms with Gasteiger partial charge in [-0.3, -0.25) is 0 Å². The lowest BCUT2D eigenvalue weighted by Crippen LogP contribution is -2.32. The topological polar surface area (TPSA) is 34.1 Å². The van der Waals surface area contributed by atoms with Gasteiger partial charge in [-0.05, 0) is 32.3 Å². The molecule has 2 nitrogen and oxygen atoms in total. The maximum atomic E-state index is 12.0. The molecule has 4 heteroatoms. The number of benzene rings is 1. The maximum absolute atomic E-state index is 12.0. The molecule has 0 aliphatic heterocycles. The van der Waals surface area contributed by atoms with Crippen LogP contribution in [0.4, 0.5) is 0 Å². The summed E-state index contributed by atoms with van der Waals surface area (Å²) in [6.07, 6.45) is 1.42. The normalized spacial score (nSPS) is 15.4. The van der Waals surface area contributed by atoms with Crippen LogP contribution in [0.25, 0.3) is 0 Å². The number of hydrogen-bond donors (Lipinski definition) is 0. The number of alkyl halides is 1. The van der Waals surface area contributed by atoms with Crippen LogP contribution in [0.1, 0.15) is 39.2 Å². The van der Waals surface area contributed by atoms with Gasteiger partial charge < -0.3 is 0 Å². The van der Waals surface area contributed by atoms with Crippen LogP contribution in [-0.2, 0) is 15.3 Å². The quantitative estimate of drug-likeness (QED) is 0.718. The van der Waals surface area contributed by atoms with Crippen molar-refractivity contribution in [2.75, 3.05) is 11.6 Å². The number of rotatable bonds is 7. The zero-order valence-corrected chi connectivity index (χ0v) is 13.5. The largest absolute Gasteiger partial charge is 0.229 e. The van der Waals surface area contributed by atoms with Crippen LogP contribution in [0.15, 0.2) is 30.3 Å². The van der Waals surface area contributed by atoms with Crippen LogP contribution in [0.3, 0.4) is 0 Å². The van der Waals surface area contributed by atoms with Gasteiger partial charge in [0.1, 0.15) is 0 Å². The monoisotopic (exact) mass is 302 g/mol. The minimum atomic E-state index is -3.02. The molecule has 1 atom stereocenters. The molecule has 0 heterocycles. The fraction of sp³-hybridized carbons (Fsp3) is 0.600. The van der Waals surface area contributed by atoms with Crippen molar-refractivity contribution in [3.05, 3.63) is 35.9 Å². The Labute approximate surface area is 122 Å². The first-order valence-corrected chi connectivity index (χ1v) is 8.96. The van der Waals surface area contributed by atoms with E-state index in [2.05, 4.69) is 6.92 Å². The van der Waals surface area contributed by atoms with Crippen LogP contribution in [0.2, 0.25) is 0 Å². The van der Waals surface area contributed by atoms with E-state index in [1.54, 1.807) is 13.8 Å². The molecular weight excluding hydrogens is 280 g/mol. The summed E-state index contributed by atoms with van der Waals surface area (Å²) in [6.45, 7) is 5.52. The fourth-order valence-electron chi connectivity index (χ4n) is 2.13. The van der Waals surface area contributed by atoms with Crippen molar-refractivity contribution < 1.29 is 8.42 Å². The molecule has 0 saturated heterocycles. The van der Waals surface area contributed by atoms with Gasteiger partial charge in [-0.2, -0.15) is 0 Å². The highest BCUT2D eigenvalue weighted by molar-refractivity contribution is 7.91. The molecule has 0 aliphatic carbocycles. The Morgan fingerprint density at radius 2 is 1.79 bits per heavy atom. The van der Waals surface area contributed by atoms with Gasteiger partial charge in [0.2, 0.25) is 0 Å². The summed E-state index contributed by atoms with van der Waals surface area (Å²) in [4.78, 5) is 0. The highest BCUT2D eigenvalue weighted by Crippen LogP contribution is 2.33. The summed E-state index contributed by atoms with van der Waals surface area (Å²) < 4.78 is 24.0. The van der Waals surface area contributed by atoms with Crippen LogP contribution in [0.5, 0.6) is 0 Å². The Hall–Kier alpha value is -0.540. The average molecular weight is 303 g/mol. The van der Waals surface area contributed by atoms with Crippen molar-refractivity contribution in [1.82, 2.24) is 0 Å². The lowest BCUT2D eigenvalue weighted by molar-refractivity contribution is 0.442. The van der Waals surface area contributed by atoms with Gasteiger partial charge in [0, 0.05) is 11.3 Å². The SMILES string of the molecule is CCC(CCl)(CCS(=O)(=O)C(C)C)c1ccccc1. The van der Waals surface area contributed by atoms with E-state index >= 15 is 0 Å². The second kappa shape index (κ2) is 6.76. The molecule has 0 bridgehead atoms. The van der Waals surface area contributed by atoms with E-state index in [0.717, 1.165) is 12.0 Å². The summed E-state index contributed by atoms with van der Waals surface area (Å²) in [7, 11) is -3.02. The molecule has 0 radical (unpaired) electrons. The summed E-state index contributed by atoms with van der Waals surface area (Å²) in [6, 6.07) is 9.98. The van der Waals surface area contributed by atoms with Crippen molar-refractivity contribution in [2.45, 2.75) is 44.3 Å². The molecule has 0 aromatic heterocycles. The predicted molar refractivity (Wildman–Crippen MR) is 82.7 cm³/mol. The highest BCUT2D eigenvalue weighted by atomic mass is 35.5. The van der Waals surface area contributed by atoms with Gasteiger partial charge in [0.15, 0.2) is 9.84 Å². The smallest absolute Gasteiger partial charge is 0.152 e. The van der Waals surface area contributed by atoms with Crippen LogP contribution in [-0.4, -0.2) is 25.3 Å². The molecule has 108 valence electrons. The molecule has 0 saturated carbocycles. The van der Waals surface area contributed by atoms with E-state index in [0.29, 0.717) is 12.3 Å². The highest BCUT2D eigenvalue weighted by Gasteiger charge is 2.31. The molecule has 0 aliphatic rings. The first kappa shape index (κ1) is 16.5. The van der Waals surface area contributed by atoms with Crippen molar-refractivity contribution in [2.24, 2.45) is 0 Å². The molecule has 1 unspecified atom stereocenters. The predicted octanol–water partition coefficient (Wildman–Crippen LogP) is 3.79. The Morgan fingerprint density at radius 1 is 1.21 bits per heavy atom. The summed E-state index contributed by atoms with van der Waals surface area (Å²) in [5.74, 6) is 0.640. The van der Waals surface area contributed by atoms with E-state index in [4.69, 9.17) is 11.6 Å². The maximum Gasteiger partial charge on any atom is 0.152 e. The zero-order valence-electron chi connectivity index (χ0n) is 11.9. The molecule has 0 fully saturated rings. The number of hydrogen-bond acceptors (Lipinski definition) is 2. The molecule has 0 amide bonds. The van der Waals surface area contributed by atoms with Gasteiger partial charge >= 0.3 is 0 Å². The Bertz CT molecular complexity index is 476. The van der Waals surface area contributed by atoms with Gasteiger partial charge in [-0.15, -0.1) is 11.6 Å². The van der Waals surface area contributed by atoms with Crippen molar-refractivity contribution in [1.29, 1.82) is 0 Å². The molecule has 0 N–H and O–H groups in total. The van der Waals surface area contributed by atoms with Gasteiger partial charge in [-0.25, -0.2) is 8.42 Å². The van der Waals surface area contributed by atoms with E-state index < -0.39 is 9.84 Å². The molecular formula is C15H23ClO2S. The van der Waals surface area contributed by atoms with Crippen LogP contribution in [0, 0.1) is 0 Å². The minimum absolute atomic E-state index is 0.195. The Balaban J connectivity index is 2.97. The second-order valence-corrected chi connectivity index (χ2v) is 8.24. The van der Waals surface area contributed by atoms with Gasteiger partial charge in [-0.1, -0.05) is 37.3 Å². The molecule has 1 aromatic carbocycles. The minimum Gasteiger partial charge on any atom is -0.229 e. The molecule has 1 rings (SSSR count). The van der Waals surface area contributed by atoms with Crippen LogP contribution < -0.4 is 0 Å². The van der Waals surface area contributed by atoms with E-state index in [-0.39, 0.29) is 16.4 Å². The third-order valence-corrected chi connectivity index (χ3v) is 6.62. The standard InChI is InChI=1S/C15H23ClO2S/c1-4-15(12-16,14-8-6-5-7-9-14)10-11-19(17,18)13(2)3/h5-9,13H,4,10-12H2,1-3H3. The number of sulfone groups is 1. The second-order valence-electron chi connectivity index (χ2n) is 5.30. The third kappa shape index (κ3) is 3.96. The Morgan fingerprint density at radius 3 is 2.21 bits per heavy atom. The van der Waals surface area contributed by atoms with Crippen molar-refractivity contribution >= 4 is 21.4 Å². The number of halogens is 1. The van der Waals surface area contributed by atoms with Crippen molar-refractivity contribution in [3.8, 4) is 0 Å². The lowest BCUT2D eigenvalue weighted by Gasteiger charge is -2.31. The van der Waals surface area contributed by atoms with Gasteiger partial charge in [0.25, 0.3) is 0 Å². The van der Waals surface area contributed by atoms with Gasteiger partial charge in [0.05, 0.1) is 11.0 Å². The summed E-state index contributed by atoms with van der Waals surface area (Å²) >= 11 is 6.17. The summed E-state index contributed by atoms with van der Waals surface area (Å²) in [5, 5.41) is -0.326. The van der Waals surface area contributed by atoms with E-state index in [1.807, 2.05) is 30.3 Å². The lowest BCUT2D eigenvalue weighted by atomic mass is 9.77. The zero-order chi connectivity index (χ0) is 14.5. The molecule has 0 spiro atoms. The average Bonchev–Trinajstić information content (AvgIpc) is 2.41. The third-order valence-electron chi connectivity index (χ3n) is 3.90. The van der Waals surface area contributed by atoms with E-state index in [9.17, 15) is 8.42 Å². The molecule has 19 heavy (non-hydrogen) atoms. The fourth-order valence-corrected chi connectivity index (χ4v) is 3.75. The summed E-state index contributed by atoms with van der Waals surface area (Å²) in [5.41, 5.74) is 0.886.